The van der Waals surface area contributed by atoms with Gasteiger partial charge in [-0.3, -0.25) is 14.5 Å². The van der Waals surface area contributed by atoms with E-state index in [0.29, 0.717) is 12.2 Å². The third-order valence-corrected chi connectivity index (χ3v) is 4.78. The predicted molar refractivity (Wildman–Crippen MR) is 106 cm³/mol. The first-order chi connectivity index (χ1) is 13.1. The molecule has 0 aromatic heterocycles. The number of hydrogen-bond donors (Lipinski definition) is 2. The van der Waals surface area contributed by atoms with E-state index in [1.807, 2.05) is 48.5 Å². The van der Waals surface area contributed by atoms with Gasteiger partial charge in [0.15, 0.2) is 0 Å². The smallest absolute Gasteiger partial charge is 0.313 e. The van der Waals surface area contributed by atoms with Crippen molar-refractivity contribution >= 4 is 17.5 Å². The third kappa shape index (κ3) is 5.64. The highest BCUT2D eigenvalue weighted by atomic mass is 16.2. The van der Waals surface area contributed by atoms with Gasteiger partial charge in [0.05, 0.1) is 6.04 Å². The Hall–Kier alpha value is -2.70. The summed E-state index contributed by atoms with van der Waals surface area (Å²) >= 11 is 0. The lowest BCUT2D eigenvalue weighted by molar-refractivity contribution is -0.136. The highest BCUT2D eigenvalue weighted by Crippen LogP contribution is 2.16. The quantitative estimate of drug-likeness (QED) is 0.791. The van der Waals surface area contributed by atoms with Crippen molar-refractivity contribution in [2.45, 2.75) is 6.04 Å². The Kier molecular flexibility index (Phi) is 6.57. The normalized spacial score (nSPS) is 16.5. The maximum Gasteiger partial charge on any atom is 0.313 e. The highest BCUT2D eigenvalue weighted by molar-refractivity contribution is 6.39. The summed E-state index contributed by atoms with van der Waals surface area (Å²) in [5, 5.41) is 5.54. The standard InChI is InChI=1S/C21H26N4O2/c1-24-12-14-25(15-13-24)16-19(17-8-4-2-5-9-17)23-21(27)20(26)22-18-10-6-3-7-11-18/h2-11,19H,12-16H2,1H3,(H,22,26)(H,23,27)/t19-/m1/s1. The summed E-state index contributed by atoms with van der Waals surface area (Å²) in [4.78, 5) is 29.4. The fraction of sp³-hybridized carbons (Fsp3) is 0.333. The van der Waals surface area contributed by atoms with Gasteiger partial charge in [0.2, 0.25) is 0 Å². The Balaban J connectivity index is 1.65. The largest absolute Gasteiger partial charge is 0.340 e. The van der Waals surface area contributed by atoms with Crippen molar-refractivity contribution in [2.75, 3.05) is 45.1 Å². The molecule has 142 valence electrons. The molecule has 1 heterocycles. The van der Waals surface area contributed by atoms with Crippen molar-refractivity contribution in [3.63, 3.8) is 0 Å². The van der Waals surface area contributed by atoms with Crippen molar-refractivity contribution in [1.82, 2.24) is 15.1 Å². The minimum absolute atomic E-state index is 0.233. The second kappa shape index (κ2) is 9.30. The average molecular weight is 366 g/mol. The van der Waals surface area contributed by atoms with E-state index in [4.69, 9.17) is 0 Å². The first kappa shape index (κ1) is 19.1. The van der Waals surface area contributed by atoms with Gasteiger partial charge in [-0.2, -0.15) is 0 Å². The van der Waals surface area contributed by atoms with E-state index in [1.54, 1.807) is 12.1 Å². The van der Waals surface area contributed by atoms with E-state index in [-0.39, 0.29) is 6.04 Å². The van der Waals surface area contributed by atoms with Gasteiger partial charge in [0.1, 0.15) is 0 Å². The second-order valence-corrected chi connectivity index (χ2v) is 6.86. The van der Waals surface area contributed by atoms with Gasteiger partial charge in [-0.15, -0.1) is 0 Å². The maximum atomic E-state index is 12.5. The summed E-state index contributed by atoms with van der Waals surface area (Å²) in [6.45, 7) is 4.59. The summed E-state index contributed by atoms with van der Waals surface area (Å²) in [6, 6.07) is 18.6. The van der Waals surface area contributed by atoms with Crippen LogP contribution in [0.3, 0.4) is 0 Å². The third-order valence-electron chi connectivity index (χ3n) is 4.78. The van der Waals surface area contributed by atoms with Crippen LogP contribution in [0.4, 0.5) is 5.69 Å². The van der Waals surface area contributed by atoms with Crippen LogP contribution in [-0.2, 0) is 9.59 Å². The number of para-hydroxylation sites is 1. The minimum atomic E-state index is -0.652. The predicted octanol–water partition coefficient (Wildman–Crippen LogP) is 1.73. The van der Waals surface area contributed by atoms with Crippen LogP contribution in [0.5, 0.6) is 0 Å². The lowest BCUT2D eigenvalue weighted by Crippen LogP contribution is -2.48. The molecule has 3 rings (SSSR count). The molecule has 0 saturated carbocycles. The Labute approximate surface area is 160 Å². The topological polar surface area (TPSA) is 64.7 Å². The van der Waals surface area contributed by atoms with Crippen LogP contribution >= 0.6 is 0 Å². The molecule has 2 N–H and O–H groups in total. The molecule has 6 nitrogen and oxygen atoms in total. The van der Waals surface area contributed by atoms with Crippen LogP contribution in [-0.4, -0.2) is 61.4 Å². The molecule has 0 unspecified atom stereocenters. The molecule has 0 aliphatic carbocycles. The number of piperazine rings is 1. The molecule has 2 aromatic rings. The van der Waals surface area contributed by atoms with Crippen LogP contribution in [0.1, 0.15) is 11.6 Å². The minimum Gasteiger partial charge on any atom is -0.340 e. The van der Waals surface area contributed by atoms with E-state index >= 15 is 0 Å². The number of rotatable bonds is 5. The number of nitrogens with one attached hydrogen (secondary N) is 2. The molecular formula is C21H26N4O2. The van der Waals surface area contributed by atoms with E-state index in [2.05, 4.69) is 27.5 Å². The molecular weight excluding hydrogens is 340 g/mol. The Morgan fingerprint density at radius 2 is 1.48 bits per heavy atom. The Bertz CT molecular complexity index is 743. The number of nitrogens with zero attached hydrogens (tertiary/aromatic N) is 2. The number of amides is 2. The summed E-state index contributed by atoms with van der Waals surface area (Å²) in [5.41, 5.74) is 1.60. The van der Waals surface area contributed by atoms with Crippen molar-refractivity contribution in [1.29, 1.82) is 0 Å². The number of anilines is 1. The molecule has 2 aromatic carbocycles. The number of carbonyl (C=O) groups is 2. The zero-order chi connectivity index (χ0) is 19.1. The van der Waals surface area contributed by atoms with Gasteiger partial charge >= 0.3 is 11.8 Å². The molecule has 1 atom stereocenters. The molecule has 1 aliphatic heterocycles. The van der Waals surface area contributed by atoms with Crippen LogP contribution in [0.2, 0.25) is 0 Å². The zero-order valence-corrected chi connectivity index (χ0v) is 15.6. The fourth-order valence-corrected chi connectivity index (χ4v) is 3.14. The lowest BCUT2D eigenvalue weighted by atomic mass is 10.1. The Morgan fingerprint density at radius 3 is 2.11 bits per heavy atom. The lowest BCUT2D eigenvalue weighted by Gasteiger charge is -2.34. The van der Waals surface area contributed by atoms with Crippen LogP contribution in [0.25, 0.3) is 0 Å². The summed E-state index contributed by atoms with van der Waals surface area (Å²) in [5.74, 6) is -1.28. The fourth-order valence-electron chi connectivity index (χ4n) is 3.14. The van der Waals surface area contributed by atoms with Crippen molar-refractivity contribution in [3.05, 3.63) is 66.2 Å². The van der Waals surface area contributed by atoms with Crippen LogP contribution in [0.15, 0.2) is 60.7 Å². The molecule has 6 heteroatoms. The van der Waals surface area contributed by atoms with Crippen molar-refractivity contribution < 1.29 is 9.59 Å². The van der Waals surface area contributed by atoms with Crippen molar-refractivity contribution in [3.8, 4) is 0 Å². The van der Waals surface area contributed by atoms with E-state index in [9.17, 15) is 9.59 Å². The average Bonchev–Trinajstić information content (AvgIpc) is 2.70. The van der Waals surface area contributed by atoms with Gasteiger partial charge in [-0.1, -0.05) is 48.5 Å². The first-order valence-electron chi connectivity index (χ1n) is 9.24. The SMILES string of the molecule is CN1CCN(C[C@@H](NC(=O)C(=O)Nc2ccccc2)c2ccccc2)CC1. The van der Waals surface area contributed by atoms with Crippen LogP contribution in [0, 0.1) is 0 Å². The van der Waals surface area contributed by atoms with E-state index in [0.717, 1.165) is 31.7 Å². The monoisotopic (exact) mass is 366 g/mol. The summed E-state index contributed by atoms with van der Waals surface area (Å²) in [7, 11) is 2.11. The van der Waals surface area contributed by atoms with Crippen molar-refractivity contribution in [2.24, 2.45) is 0 Å². The molecule has 1 fully saturated rings. The second-order valence-electron chi connectivity index (χ2n) is 6.86. The molecule has 1 aliphatic rings. The molecule has 27 heavy (non-hydrogen) atoms. The molecule has 1 saturated heterocycles. The number of benzene rings is 2. The number of hydrogen-bond acceptors (Lipinski definition) is 4. The molecule has 0 bridgehead atoms. The highest BCUT2D eigenvalue weighted by Gasteiger charge is 2.23. The summed E-state index contributed by atoms with van der Waals surface area (Å²) in [6.07, 6.45) is 0. The van der Waals surface area contributed by atoms with Gasteiger partial charge in [-0.05, 0) is 24.7 Å². The Morgan fingerprint density at radius 1 is 0.889 bits per heavy atom. The van der Waals surface area contributed by atoms with Gasteiger partial charge in [-0.25, -0.2) is 0 Å². The number of likely N-dealkylation sites (N-methyl/N-ethyl adjacent to an activating group) is 1. The van der Waals surface area contributed by atoms with Crippen LogP contribution < -0.4 is 10.6 Å². The van der Waals surface area contributed by atoms with Gasteiger partial charge in [0.25, 0.3) is 0 Å². The molecule has 0 spiro atoms. The first-order valence-corrected chi connectivity index (χ1v) is 9.24. The van der Waals surface area contributed by atoms with E-state index < -0.39 is 11.8 Å². The summed E-state index contributed by atoms with van der Waals surface area (Å²) < 4.78 is 0. The molecule has 2 amide bonds. The van der Waals surface area contributed by atoms with E-state index in [1.165, 1.54) is 0 Å². The zero-order valence-electron chi connectivity index (χ0n) is 15.6. The maximum absolute atomic E-state index is 12.5. The van der Waals surface area contributed by atoms with Gasteiger partial charge in [0, 0.05) is 38.4 Å². The molecule has 0 radical (unpaired) electrons. The van der Waals surface area contributed by atoms with Gasteiger partial charge < -0.3 is 15.5 Å². The number of carbonyl (C=O) groups excluding carboxylic acids is 2.